The zero-order valence-electron chi connectivity index (χ0n) is 12.5. The van der Waals surface area contributed by atoms with Crippen molar-refractivity contribution in [3.8, 4) is 0 Å². The van der Waals surface area contributed by atoms with Crippen LogP contribution in [-0.4, -0.2) is 23.2 Å². The van der Waals surface area contributed by atoms with Gasteiger partial charge in [-0.1, -0.05) is 35.9 Å². The van der Waals surface area contributed by atoms with Gasteiger partial charge in [0.05, 0.1) is 0 Å². The van der Waals surface area contributed by atoms with Crippen LogP contribution in [0.15, 0.2) is 48.5 Å². The van der Waals surface area contributed by atoms with Crippen molar-refractivity contribution in [1.29, 1.82) is 0 Å². The number of carboxylic acid groups (broad SMARTS) is 1. The summed E-state index contributed by atoms with van der Waals surface area (Å²) >= 11 is 5.82. The molecule has 2 aromatic rings. The van der Waals surface area contributed by atoms with E-state index >= 15 is 0 Å². The van der Waals surface area contributed by atoms with Crippen LogP contribution in [0.3, 0.4) is 0 Å². The average molecular weight is 352 g/mol. The van der Waals surface area contributed by atoms with Crippen LogP contribution < -0.4 is 5.32 Å². The molecule has 0 saturated heterocycles. The summed E-state index contributed by atoms with van der Waals surface area (Å²) < 4.78 is 18.1. The Kier molecular flexibility index (Phi) is 6.14. The first-order chi connectivity index (χ1) is 11.4. The van der Waals surface area contributed by atoms with Gasteiger partial charge in [-0.05, 0) is 35.4 Å². The maximum Gasteiger partial charge on any atom is 0.408 e. The molecule has 7 heteroatoms. The molecule has 0 aliphatic carbocycles. The molecule has 0 saturated carbocycles. The topological polar surface area (TPSA) is 75.6 Å². The molecule has 2 N–H and O–H groups in total. The average Bonchev–Trinajstić information content (AvgIpc) is 2.52. The lowest BCUT2D eigenvalue weighted by atomic mass is 10.1. The van der Waals surface area contributed by atoms with Gasteiger partial charge in [-0.25, -0.2) is 14.0 Å². The molecule has 5 nitrogen and oxygen atoms in total. The summed E-state index contributed by atoms with van der Waals surface area (Å²) in [5.41, 5.74) is 1.13. The van der Waals surface area contributed by atoms with E-state index in [0.29, 0.717) is 16.1 Å². The van der Waals surface area contributed by atoms with Crippen molar-refractivity contribution in [2.75, 3.05) is 0 Å². The monoisotopic (exact) mass is 351 g/mol. The lowest BCUT2D eigenvalue weighted by Crippen LogP contribution is -2.42. The molecule has 24 heavy (non-hydrogen) atoms. The smallest absolute Gasteiger partial charge is 0.408 e. The third kappa shape index (κ3) is 5.55. The second-order valence-electron chi connectivity index (χ2n) is 5.08. The van der Waals surface area contributed by atoms with Crippen LogP contribution in [0, 0.1) is 5.82 Å². The highest BCUT2D eigenvalue weighted by Gasteiger charge is 2.21. The SMILES string of the molecule is O=C(N[C@H](Cc1cccc(F)c1)C(=O)O)OCc1cccc(Cl)c1. The van der Waals surface area contributed by atoms with E-state index in [-0.39, 0.29) is 13.0 Å². The second-order valence-corrected chi connectivity index (χ2v) is 5.51. The Balaban J connectivity index is 1.92. The number of amides is 1. The van der Waals surface area contributed by atoms with Crippen LogP contribution in [-0.2, 0) is 22.6 Å². The van der Waals surface area contributed by atoms with Gasteiger partial charge in [0.15, 0.2) is 0 Å². The summed E-state index contributed by atoms with van der Waals surface area (Å²) in [5.74, 6) is -1.71. The molecule has 2 rings (SSSR count). The first kappa shape index (κ1) is 17.7. The molecule has 1 atom stereocenters. The number of alkyl carbamates (subject to hydrolysis) is 1. The molecule has 0 aliphatic rings. The van der Waals surface area contributed by atoms with Crippen LogP contribution in [0.4, 0.5) is 9.18 Å². The van der Waals surface area contributed by atoms with E-state index in [1.54, 1.807) is 30.3 Å². The van der Waals surface area contributed by atoms with E-state index in [1.807, 2.05) is 0 Å². The molecular weight excluding hydrogens is 337 g/mol. The number of aliphatic carboxylic acids is 1. The highest BCUT2D eigenvalue weighted by atomic mass is 35.5. The van der Waals surface area contributed by atoms with E-state index in [1.165, 1.54) is 18.2 Å². The van der Waals surface area contributed by atoms with Gasteiger partial charge < -0.3 is 15.2 Å². The first-order valence-electron chi connectivity index (χ1n) is 7.09. The van der Waals surface area contributed by atoms with Crippen molar-refractivity contribution in [1.82, 2.24) is 5.32 Å². The molecule has 0 spiro atoms. The molecule has 0 bridgehead atoms. The predicted molar refractivity (Wildman–Crippen MR) is 86.3 cm³/mol. The van der Waals surface area contributed by atoms with Crippen molar-refractivity contribution in [2.24, 2.45) is 0 Å². The number of nitrogens with one attached hydrogen (secondary N) is 1. The number of halogens is 2. The molecule has 0 fully saturated rings. The largest absolute Gasteiger partial charge is 0.480 e. The van der Waals surface area contributed by atoms with Gasteiger partial charge in [0.25, 0.3) is 0 Å². The summed E-state index contributed by atoms with van der Waals surface area (Å²) in [7, 11) is 0. The van der Waals surface area contributed by atoms with Crippen molar-refractivity contribution in [2.45, 2.75) is 19.1 Å². The molecule has 0 radical (unpaired) electrons. The maximum absolute atomic E-state index is 13.2. The van der Waals surface area contributed by atoms with Crippen LogP contribution in [0.25, 0.3) is 0 Å². The van der Waals surface area contributed by atoms with E-state index in [0.717, 1.165) is 0 Å². The molecule has 0 aliphatic heterocycles. The van der Waals surface area contributed by atoms with Crippen molar-refractivity contribution in [3.63, 3.8) is 0 Å². The number of carbonyl (C=O) groups is 2. The Bertz CT molecular complexity index is 738. The minimum atomic E-state index is -1.24. The summed E-state index contributed by atoms with van der Waals surface area (Å²) in [6.07, 6.45) is -0.932. The van der Waals surface area contributed by atoms with E-state index in [9.17, 15) is 19.1 Å². The lowest BCUT2D eigenvalue weighted by Gasteiger charge is -2.15. The highest BCUT2D eigenvalue weighted by Crippen LogP contribution is 2.12. The molecule has 0 heterocycles. The maximum atomic E-state index is 13.2. The zero-order valence-corrected chi connectivity index (χ0v) is 13.3. The number of rotatable bonds is 6. The van der Waals surface area contributed by atoms with Gasteiger partial charge in [-0.2, -0.15) is 0 Å². The molecule has 126 valence electrons. The van der Waals surface area contributed by atoms with Gasteiger partial charge in [0.2, 0.25) is 0 Å². The van der Waals surface area contributed by atoms with Gasteiger partial charge in [0, 0.05) is 11.4 Å². The van der Waals surface area contributed by atoms with Crippen LogP contribution in [0.5, 0.6) is 0 Å². The fourth-order valence-corrected chi connectivity index (χ4v) is 2.27. The summed E-state index contributed by atoms with van der Waals surface area (Å²) in [5, 5.41) is 12.0. The minimum Gasteiger partial charge on any atom is -0.480 e. The van der Waals surface area contributed by atoms with Crippen molar-refractivity contribution in [3.05, 3.63) is 70.5 Å². The first-order valence-corrected chi connectivity index (χ1v) is 7.47. The predicted octanol–water partition coefficient (Wildman–Crippen LogP) is 3.40. The van der Waals surface area contributed by atoms with Gasteiger partial charge in [-0.3, -0.25) is 0 Å². The standard InChI is InChI=1S/C17H15ClFNO4/c18-13-5-1-4-12(7-13)10-24-17(23)20-15(16(21)22)9-11-3-2-6-14(19)8-11/h1-8,15H,9-10H2,(H,20,23)(H,21,22)/t15-/m1/s1. The van der Waals surface area contributed by atoms with Crippen LogP contribution in [0.2, 0.25) is 5.02 Å². The van der Waals surface area contributed by atoms with Crippen molar-refractivity contribution >= 4 is 23.7 Å². The van der Waals surface area contributed by atoms with Gasteiger partial charge in [-0.15, -0.1) is 0 Å². The number of carbonyl (C=O) groups excluding carboxylic acids is 1. The second kappa shape index (κ2) is 8.31. The Morgan fingerprint density at radius 3 is 2.54 bits per heavy atom. The Morgan fingerprint density at radius 2 is 1.88 bits per heavy atom. The summed E-state index contributed by atoms with van der Waals surface area (Å²) in [4.78, 5) is 23.0. The summed E-state index contributed by atoms with van der Waals surface area (Å²) in [6.45, 7) is -0.0430. The lowest BCUT2D eigenvalue weighted by molar-refractivity contribution is -0.139. The van der Waals surface area contributed by atoms with E-state index in [4.69, 9.17) is 16.3 Å². The van der Waals surface area contributed by atoms with Gasteiger partial charge >= 0.3 is 12.1 Å². The van der Waals surface area contributed by atoms with Gasteiger partial charge in [0.1, 0.15) is 18.5 Å². The third-order valence-electron chi connectivity index (χ3n) is 3.18. The fourth-order valence-electron chi connectivity index (χ4n) is 2.06. The van der Waals surface area contributed by atoms with E-state index in [2.05, 4.69) is 5.32 Å². The molecule has 0 unspecified atom stereocenters. The molecular formula is C17H15ClFNO4. The normalized spacial score (nSPS) is 11.6. The number of carboxylic acids is 1. The molecule has 2 aromatic carbocycles. The Labute approximate surface area is 143 Å². The Morgan fingerprint density at radius 1 is 1.17 bits per heavy atom. The highest BCUT2D eigenvalue weighted by molar-refractivity contribution is 6.30. The summed E-state index contributed by atoms with van der Waals surface area (Å²) in [6, 6.07) is 11.1. The quantitative estimate of drug-likeness (QED) is 0.836. The zero-order chi connectivity index (χ0) is 17.5. The van der Waals surface area contributed by atoms with E-state index < -0.39 is 23.9 Å². The molecule has 0 aromatic heterocycles. The number of hydrogen-bond acceptors (Lipinski definition) is 3. The fraction of sp³-hybridized carbons (Fsp3) is 0.176. The third-order valence-corrected chi connectivity index (χ3v) is 3.41. The number of ether oxygens (including phenoxy) is 1. The minimum absolute atomic E-state index is 0.0430. The number of hydrogen-bond donors (Lipinski definition) is 2. The Hall–Kier alpha value is -2.60. The number of benzene rings is 2. The van der Waals surface area contributed by atoms with Crippen LogP contribution in [0.1, 0.15) is 11.1 Å². The van der Waals surface area contributed by atoms with Crippen molar-refractivity contribution < 1.29 is 23.8 Å². The van der Waals surface area contributed by atoms with Crippen LogP contribution >= 0.6 is 11.6 Å². The molecule has 1 amide bonds.